The van der Waals surface area contributed by atoms with Gasteiger partial charge in [-0.1, -0.05) is 98.8 Å². The van der Waals surface area contributed by atoms with Crippen LogP contribution in [0.4, 0.5) is 0 Å². The molecule has 0 bridgehead atoms. The molecule has 21 heavy (non-hydrogen) atoms. The molecule has 130 valence electrons. The number of rotatable bonds is 15. The van der Waals surface area contributed by atoms with Gasteiger partial charge in [0.05, 0.1) is 0 Å². The quantitative estimate of drug-likeness (QED) is 0.322. The summed E-state index contributed by atoms with van der Waals surface area (Å²) in [7, 11) is 0. The molecule has 0 unspecified atom stereocenters. The molecule has 0 aromatic heterocycles. The molecule has 0 spiro atoms. The third-order valence-corrected chi connectivity index (χ3v) is 3.81. The van der Waals surface area contributed by atoms with Gasteiger partial charge in [0.1, 0.15) is 0 Å². The lowest BCUT2D eigenvalue weighted by Crippen LogP contribution is -2.15. The number of hydrogen-bond acceptors (Lipinski definition) is 1. The van der Waals surface area contributed by atoms with Crippen molar-refractivity contribution in [2.45, 2.75) is 112 Å². The molecule has 0 atom stereocenters. The molecule has 0 fully saturated rings. The molecule has 0 saturated heterocycles. The van der Waals surface area contributed by atoms with E-state index in [0.29, 0.717) is 0 Å². The van der Waals surface area contributed by atoms with E-state index in [2.05, 4.69) is 26.1 Å². The number of hydrogen-bond donors (Lipinski definition) is 1. The zero-order valence-electron chi connectivity index (χ0n) is 16.0. The van der Waals surface area contributed by atoms with E-state index in [1.807, 2.05) is 13.8 Å². The standard InChI is InChI=1S/C18H39N.C2H6/c1-4-16-19-17-14-12-10-8-6-5-7-9-11-13-15-18(2)3;1-2/h18-19H,4-17H2,1-3H3;1-2H3. The monoisotopic (exact) mass is 299 g/mol. The van der Waals surface area contributed by atoms with E-state index >= 15 is 0 Å². The summed E-state index contributed by atoms with van der Waals surface area (Å²) in [6, 6.07) is 0. The van der Waals surface area contributed by atoms with Crippen LogP contribution in [0.25, 0.3) is 0 Å². The van der Waals surface area contributed by atoms with Crippen molar-refractivity contribution in [1.29, 1.82) is 0 Å². The molecule has 0 saturated carbocycles. The highest BCUT2D eigenvalue weighted by Gasteiger charge is 1.95. The largest absolute Gasteiger partial charge is 0.317 e. The zero-order valence-corrected chi connectivity index (χ0v) is 16.0. The minimum Gasteiger partial charge on any atom is -0.317 e. The molecule has 1 nitrogen and oxygen atoms in total. The lowest BCUT2D eigenvalue weighted by molar-refractivity contribution is 0.503. The van der Waals surface area contributed by atoms with Crippen LogP contribution in [0.2, 0.25) is 0 Å². The molecule has 1 N–H and O–H groups in total. The van der Waals surface area contributed by atoms with E-state index in [1.54, 1.807) is 0 Å². The normalized spacial score (nSPS) is 10.6. The first-order chi connectivity index (χ1) is 10.3. The van der Waals surface area contributed by atoms with Crippen LogP contribution in [-0.2, 0) is 0 Å². The highest BCUT2D eigenvalue weighted by molar-refractivity contribution is 4.51. The Balaban J connectivity index is 0. The first-order valence-corrected chi connectivity index (χ1v) is 9.98. The van der Waals surface area contributed by atoms with Gasteiger partial charge in [0, 0.05) is 0 Å². The van der Waals surface area contributed by atoms with E-state index in [4.69, 9.17) is 0 Å². The second-order valence-corrected chi connectivity index (χ2v) is 6.47. The third-order valence-electron chi connectivity index (χ3n) is 3.81. The fourth-order valence-corrected chi connectivity index (χ4v) is 2.52. The molecule has 0 radical (unpaired) electrons. The maximum Gasteiger partial charge on any atom is -0.00489 e. The van der Waals surface area contributed by atoms with Gasteiger partial charge in [-0.3, -0.25) is 0 Å². The topological polar surface area (TPSA) is 12.0 Å². The smallest absolute Gasteiger partial charge is 0.00489 e. The van der Waals surface area contributed by atoms with E-state index in [9.17, 15) is 0 Å². The molecule has 0 aliphatic rings. The molecule has 0 heterocycles. The van der Waals surface area contributed by atoms with Crippen molar-refractivity contribution in [3.63, 3.8) is 0 Å². The molecule has 1 heteroatoms. The fourth-order valence-electron chi connectivity index (χ4n) is 2.52. The lowest BCUT2D eigenvalue weighted by atomic mass is 10.0. The van der Waals surface area contributed by atoms with Gasteiger partial charge >= 0.3 is 0 Å². The van der Waals surface area contributed by atoms with E-state index in [-0.39, 0.29) is 0 Å². The van der Waals surface area contributed by atoms with Crippen molar-refractivity contribution in [1.82, 2.24) is 5.32 Å². The van der Waals surface area contributed by atoms with Gasteiger partial charge in [-0.2, -0.15) is 0 Å². The van der Waals surface area contributed by atoms with Crippen LogP contribution in [0.5, 0.6) is 0 Å². The maximum absolute atomic E-state index is 3.47. The average molecular weight is 300 g/mol. The predicted octanol–water partition coefficient (Wildman–Crippen LogP) is 6.96. The Morgan fingerprint density at radius 2 is 1.05 bits per heavy atom. The fraction of sp³-hybridized carbons (Fsp3) is 1.00. The first-order valence-electron chi connectivity index (χ1n) is 9.98. The predicted molar refractivity (Wildman–Crippen MR) is 100 cm³/mol. The zero-order chi connectivity index (χ0) is 16.2. The Morgan fingerprint density at radius 3 is 1.48 bits per heavy atom. The number of unbranched alkanes of at least 4 members (excludes halogenated alkanes) is 9. The summed E-state index contributed by atoms with van der Waals surface area (Å²) < 4.78 is 0. The van der Waals surface area contributed by atoms with Crippen LogP contribution in [0.15, 0.2) is 0 Å². The van der Waals surface area contributed by atoms with Crippen LogP contribution in [0.1, 0.15) is 112 Å². The lowest BCUT2D eigenvalue weighted by Gasteiger charge is -2.05. The molecular formula is C20H45N. The Kier molecular flexibility index (Phi) is 24.6. The van der Waals surface area contributed by atoms with Crippen molar-refractivity contribution in [3.8, 4) is 0 Å². The Morgan fingerprint density at radius 1 is 0.619 bits per heavy atom. The SMILES string of the molecule is CC.CCCNCCCCCCCCCCCCC(C)C. The van der Waals surface area contributed by atoms with Gasteiger partial charge in [0.25, 0.3) is 0 Å². The summed E-state index contributed by atoms with van der Waals surface area (Å²) in [5.74, 6) is 0.895. The van der Waals surface area contributed by atoms with Crippen LogP contribution in [0, 0.1) is 5.92 Å². The van der Waals surface area contributed by atoms with Crippen LogP contribution in [-0.4, -0.2) is 13.1 Å². The van der Waals surface area contributed by atoms with Crippen molar-refractivity contribution in [2.75, 3.05) is 13.1 Å². The summed E-state index contributed by atoms with van der Waals surface area (Å²) >= 11 is 0. The van der Waals surface area contributed by atoms with Crippen molar-refractivity contribution in [2.24, 2.45) is 5.92 Å². The van der Waals surface area contributed by atoms with Gasteiger partial charge in [-0.15, -0.1) is 0 Å². The molecule has 0 aliphatic carbocycles. The first kappa shape index (κ1) is 23.2. The van der Waals surface area contributed by atoms with E-state index in [0.717, 1.165) is 5.92 Å². The minimum atomic E-state index is 0.895. The Labute approximate surface area is 136 Å². The van der Waals surface area contributed by atoms with Crippen LogP contribution < -0.4 is 5.32 Å². The van der Waals surface area contributed by atoms with Crippen molar-refractivity contribution >= 4 is 0 Å². The maximum atomic E-state index is 3.47. The summed E-state index contributed by atoms with van der Waals surface area (Å²) in [5, 5.41) is 3.47. The second-order valence-electron chi connectivity index (χ2n) is 6.47. The van der Waals surface area contributed by atoms with Gasteiger partial charge in [-0.25, -0.2) is 0 Å². The van der Waals surface area contributed by atoms with Crippen molar-refractivity contribution < 1.29 is 0 Å². The Hall–Kier alpha value is -0.0400. The Bertz CT molecular complexity index is 154. The van der Waals surface area contributed by atoms with E-state index in [1.165, 1.54) is 90.1 Å². The summed E-state index contributed by atoms with van der Waals surface area (Å²) in [5.41, 5.74) is 0. The van der Waals surface area contributed by atoms with Gasteiger partial charge < -0.3 is 5.32 Å². The van der Waals surface area contributed by atoms with E-state index < -0.39 is 0 Å². The number of nitrogens with one attached hydrogen (secondary N) is 1. The highest BCUT2D eigenvalue weighted by Crippen LogP contribution is 2.13. The second kappa shape index (κ2) is 22.2. The summed E-state index contributed by atoms with van der Waals surface area (Å²) in [6.45, 7) is 13.3. The molecule has 0 aromatic carbocycles. The average Bonchev–Trinajstić information content (AvgIpc) is 2.49. The molecule has 0 amide bonds. The summed E-state index contributed by atoms with van der Waals surface area (Å²) in [6.07, 6.45) is 17.2. The molecule has 0 aliphatic heterocycles. The highest BCUT2D eigenvalue weighted by atomic mass is 14.8. The third kappa shape index (κ3) is 25.3. The van der Waals surface area contributed by atoms with Gasteiger partial charge in [0.15, 0.2) is 0 Å². The minimum absolute atomic E-state index is 0.895. The molecule has 0 rings (SSSR count). The van der Waals surface area contributed by atoms with Crippen molar-refractivity contribution in [3.05, 3.63) is 0 Å². The molecule has 0 aromatic rings. The van der Waals surface area contributed by atoms with Gasteiger partial charge in [-0.05, 0) is 31.8 Å². The summed E-state index contributed by atoms with van der Waals surface area (Å²) in [4.78, 5) is 0. The van der Waals surface area contributed by atoms with Gasteiger partial charge in [0.2, 0.25) is 0 Å². The van der Waals surface area contributed by atoms with Crippen LogP contribution >= 0.6 is 0 Å². The molecular weight excluding hydrogens is 254 g/mol. The van der Waals surface area contributed by atoms with Crippen LogP contribution in [0.3, 0.4) is 0 Å².